The predicted octanol–water partition coefficient (Wildman–Crippen LogP) is 2.15. The van der Waals surface area contributed by atoms with Crippen molar-refractivity contribution in [2.45, 2.75) is 0 Å². The van der Waals surface area contributed by atoms with Gasteiger partial charge in [-0.05, 0) is 17.3 Å². The molecule has 0 fully saturated rings. The Hall–Kier alpha value is -1.30. The molecule has 2 heterocycles. The average molecular weight is 276 g/mol. The van der Waals surface area contributed by atoms with Gasteiger partial charge in [0, 0.05) is 24.5 Å². The summed E-state index contributed by atoms with van der Waals surface area (Å²) in [6.45, 7) is 0.740. The van der Waals surface area contributed by atoms with E-state index in [1.54, 1.807) is 18.5 Å². The van der Waals surface area contributed by atoms with E-state index in [0.29, 0.717) is 23.9 Å². The summed E-state index contributed by atoms with van der Waals surface area (Å²) in [5.74, 6) is 0.702. The second-order valence-corrected chi connectivity index (χ2v) is 3.39. The van der Waals surface area contributed by atoms with Gasteiger partial charge in [-0.1, -0.05) is 11.6 Å². The van der Waals surface area contributed by atoms with Gasteiger partial charge in [0.05, 0.1) is 0 Å². The minimum Gasteiger partial charge on any atom is -0.473 e. The smallest absolute Gasteiger partial charge is 0.273 e. The molecule has 0 saturated heterocycles. The Balaban J connectivity index is 0.00000144. The number of hydrogen-bond acceptors (Lipinski definition) is 5. The number of nitrogens with two attached hydrogens (primary N) is 1. The second-order valence-electron chi connectivity index (χ2n) is 3.01. The molecule has 7 heteroatoms. The lowest BCUT2D eigenvalue weighted by Gasteiger charge is -1.98. The first-order valence-corrected chi connectivity index (χ1v) is 5.09. The molecule has 0 amide bonds. The van der Waals surface area contributed by atoms with Crippen LogP contribution in [-0.4, -0.2) is 23.3 Å². The maximum atomic E-state index is 6.04. The van der Waals surface area contributed by atoms with Crippen molar-refractivity contribution in [3.8, 4) is 17.2 Å². The van der Waals surface area contributed by atoms with Crippen molar-refractivity contribution in [1.29, 1.82) is 0 Å². The van der Waals surface area contributed by atoms with Crippen molar-refractivity contribution < 1.29 is 9.26 Å². The molecule has 0 bridgehead atoms. The Labute approximate surface area is 109 Å². The summed E-state index contributed by atoms with van der Waals surface area (Å²) in [6, 6.07) is 3.61. The van der Waals surface area contributed by atoms with Crippen LogP contribution in [0.4, 0.5) is 0 Å². The van der Waals surface area contributed by atoms with Crippen LogP contribution in [0.1, 0.15) is 0 Å². The minimum absolute atomic E-state index is 0. The second kappa shape index (κ2) is 6.44. The van der Waals surface area contributed by atoms with Crippen LogP contribution in [0.5, 0.6) is 5.88 Å². The maximum Gasteiger partial charge on any atom is 0.273 e. The van der Waals surface area contributed by atoms with Crippen molar-refractivity contribution in [2.75, 3.05) is 13.2 Å². The van der Waals surface area contributed by atoms with Crippen LogP contribution in [-0.2, 0) is 0 Å². The van der Waals surface area contributed by atoms with Gasteiger partial charge in [-0.25, -0.2) is 0 Å². The molecule has 5 nitrogen and oxygen atoms in total. The molecule has 92 valence electrons. The Kier molecular flexibility index (Phi) is 5.21. The van der Waals surface area contributed by atoms with E-state index in [-0.39, 0.29) is 18.3 Å². The number of nitrogens with zero attached hydrogens (tertiary/aromatic N) is 2. The van der Waals surface area contributed by atoms with Gasteiger partial charge in [0.2, 0.25) is 0 Å². The van der Waals surface area contributed by atoms with Crippen molar-refractivity contribution >= 4 is 24.0 Å². The average Bonchev–Trinajstić information content (AvgIpc) is 2.69. The van der Waals surface area contributed by atoms with Crippen molar-refractivity contribution in [3.63, 3.8) is 0 Å². The van der Waals surface area contributed by atoms with Crippen molar-refractivity contribution in [2.24, 2.45) is 5.73 Å². The van der Waals surface area contributed by atoms with Gasteiger partial charge in [0.1, 0.15) is 6.61 Å². The Morgan fingerprint density at radius 1 is 1.47 bits per heavy atom. The van der Waals surface area contributed by atoms with E-state index < -0.39 is 0 Å². The first-order chi connectivity index (χ1) is 7.83. The Bertz CT molecular complexity index is 462. The highest BCUT2D eigenvalue weighted by molar-refractivity contribution is 6.34. The summed E-state index contributed by atoms with van der Waals surface area (Å²) in [7, 11) is 0. The number of ether oxygens (including phenoxy) is 1. The molecule has 0 unspecified atom stereocenters. The number of rotatable bonds is 4. The van der Waals surface area contributed by atoms with Gasteiger partial charge < -0.3 is 15.0 Å². The van der Waals surface area contributed by atoms with E-state index in [9.17, 15) is 0 Å². The quantitative estimate of drug-likeness (QED) is 0.926. The molecule has 0 aliphatic heterocycles. The van der Waals surface area contributed by atoms with Gasteiger partial charge in [-0.2, -0.15) is 0 Å². The summed E-state index contributed by atoms with van der Waals surface area (Å²) in [4.78, 5) is 3.97. The molecule has 2 rings (SSSR count). The standard InChI is InChI=1S/C10H10ClN3O2.ClH/c11-8-9(7-2-1-4-13-6-7)16-14-10(8)15-5-3-12;/h1-2,4,6H,3,5,12H2;1H. The molecule has 0 saturated carbocycles. The largest absolute Gasteiger partial charge is 0.473 e. The summed E-state index contributed by atoms with van der Waals surface area (Å²) in [5.41, 5.74) is 6.06. The zero-order chi connectivity index (χ0) is 11.4. The maximum absolute atomic E-state index is 6.04. The third-order valence-corrected chi connectivity index (χ3v) is 2.22. The third-order valence-electron chi connectivity index (χ3n) is 1.89. The lowest BCUT2D eigenvalue weighted by atomic mass is 10.2. The first kappa shape index (κ1) is 13.8. The van der Waals surface area contributed by atoms with Gasteiger partial charge in [0.15, 0.2) is 10.8 Å². The minimum atomic E-state index is 0. The van der Waals surface area contributed by atoms with Gasteiger partial charge in [-0.3, -0.25) is 4.98 Å². The number of halogens is 2. The van der Waals surface area contributed by atoms with Gasteiger partial charge >= 0.3 is 0 Å². The van der Waals surface area contributed by atoms with Crippen LogP contribution >= 0.6 is 24.0 Å². The third kappa shape index (κ3) is 3.09. The van der Waals surface area contributed by atoms with Crippen LogP contribution in [0.15, 0.2) is 29.0 Å². The van der Waals surface area contributed by atoms with Crippen LogP contribution in [0, 0.1) is 0 Å². The molecule has 0 aliphatic rings. The number of hydrogen-bond donors (Lipinski definition) is 1. The summed E-state index contributed by atoms with van der Waals surface area (Å²) in [5, 5.41) is 4.05. The fraction of sp³-hybridized carbons (Fsp3) is 0.200. The highest BCUT2D eigenvalue weighted by atomic mass is 35.5. The summed E-state index contributed by atoms with van der Waals surface area (Å²) < 4.78 is 10.3. The number of pyridine rings is 1. The predicted molar refractivity (Wildman–Crippen MR) is 66.5 cm³/mol. The molecule has 0 aromatic carbocycles. The van der Waals surface area contributed by atoms with E-state index in [1.807, 2.05) is 6.07 Å². The molecular formula is C10H11Cl2N3O2. The Morgan fingerprint density at radius 2 is 2.29 bits per heavy atom. The molecule has 2 aromatic rings. The number of aromatic nitrogens is 2. The zero-order valence-electron chi connectivity index (χ0n) is 8.80. The van der Waals surface area contributed by atoms with Crippen LogP contribution < -0.4 is 10.5 Å². The molecule has 0 radical (unpaired) electrons. The van der Waals surface area contributed by atoms with E-state index >= 15 is 0 Å². The molecule has 17 heavy (non-hydrogen) atoms. The van der Waals surface area contributed by atoms with E-state index in [1.165, 1.54) is 0 Å². The SMILES string of the molecule is Cl.NCCOc1noc(-c2cccnc2)c1Cl. The van der Waals surface area contributed by atoms with Crippen molar-refractivity contribution in [1.82, 2.24) is 10.1 Å². The monoisotopic (exact) mass is 275 g/mol. The fourth-order valence-corrected chi connectivity index (χ4v) is 1.42. The normalized spacial score (nSPS) is 9.76. The van der Waals surface area contributed by atoms with Crippen LogP contribution in [0.25, 0.3) is 11.3 Å². The topological polar surface area (TPSA) is 74.2 Å². The molecule has 2 aromatic heterocycles. The van der Waals surface area contributed by atoms with E-state index in [4.69, 9.17) is 26.6 Å². The van der Waals surface area contributed by atoms with Gasteiger partial charge in [-0.15, -0.1) is 12.4 Å². The van der Waals surface area contributed by atoms with E-state index in [0.717, 1.165) is 5.56 Å². The molecular weight excluding hydrogens is 265 g/mol. The lowest BCUT2D eigenvalue weighted by Crippen LogP contribution is -2.10. The summed E-state index contributed by atoms with van der Waals surface area (Å²) in [6.07, 6.45) is 3.30. The molecule has 0 spiro atoms. The fourth-order valence-electron chi connectivity index (χ4n) is 1.19. The summed E-state index contributed by atoms with van der Waals surface area (Å²) >= 11 is 6.04. The van der Waals surface area contributed by atoms with Crippen LogP contribution in [0.3, 0.4) is 0 Å². The van der Waals surface area contributed by atoms with Crippen molar-refractivity contribution in [3.05, 3.63) is 29.5 Å². The van der Waals surface area contributed by atoms with Gasteiger partial charge in [0.25, 0.3) is 5.88 Å². The zero-order valence-corrected chi connectivity index (χ0v) is 10.4. The molecule has 0 aliphatic carbocycles. The highest BCUT2D eigenvalue weighted by Gasteiger charge is 2.16. The Morgan fingerprint density at radius 3 is 2.94 bits per heavy atom. The van der Waals surface area contributed by atoms with E-state index in [2.05, 4.69) is 10.1 Å². The lowest BCUT2D eigenvalue weighted by molar-refractivity contribution is 0.288. The molecule has 0 atom stereocenters. The molecule has 2 N–H and O–H groups in total. The highest BCUT2D eigenvalue weighted by Crippen LogP contribution is 2.34. The van der Waals surface area contributed by atoms with Crippen LogP contribution in [0.2, 0.25) is 5.02 Å². The first-order valence-electron chi connectivity index (χ1n) is 4.71.